The summed E-state index contributed by atoms with van der Waals surface area (Å²) >= 11 is 0. The van der Waals surface area contributed by atoms with Crippen molar-refractivity contribution in [1.82, 2.24) is 0 Å². The molecule has 2 aromatic rings. The molecule has 0 fully saturated rings. The minimum absolute atomic E-state index is 0. The van der Waals surface area contributed by atoms with Crippen LogP contribution in [-0.4, -0.2) is 6.34 Å². The number of nitrogens with zero attached hydrogens (tertiary/aromatic N) is 2. The number of rotatable bonds is 7. The Morgan fingerprint density at radius 2 is 0.917 bits per heavy atom. The Hall–Kier alpha value is -1.99. The molecule has 3 heteroatoms. The van der Waals surface area contributed by atoms with E-state index in [9.17, 15) is 0 Å². The first kappa shape index (κ1) is 32.0. The van der Waals surface area contributed by atoms with E-state index >= 15 is 0 Å². The Labute approximate surface area is 234 Å². The molecule has 0 saturated carbocycles. The SMILES string of the molecule is C1=C\CC/C=C\CC/1.CC(C)c1cccc(C(C)C)c1N=C[N-]c1c(C(C)C)cccc1C(C)C.[Rh]. The van der Waals surface area contributed by atoms with Gasteiger partial charge in [0.15, 0.2) is 0 Å². The molecule has 0 unspecified atom stereocenters. The Balaban J connectivity index is 0.000000611. The normalized spacial score (nSPS) is 15.3. The van der Waals surface area contributed by atoms with Crippen molar-refractivity contribution in [3.05, 3.63) is 88.3 Å². The third-order valence-electron chi connectivity index (χ3n) is 6.39. The van der Waals surface area contributed by atoms with E-state index in [2.05, 4.69) is 116 Å². The van der Waals surface area contributed by atoms with Gasteiger partial charge in [0.2, 0.25) is 0 Å². The molecule has 2 aromatic carbocycles. The summed E-state index contributed by atoms with van der Waals surface area (Å²) in [5.41, 5.74) is 7.31. The molecule has 0 atom stereocenters. The molecule has 1 radical (unpaired) electrons. The van der Waals surface area contributed by atoms with Crippen LogP contribution in [0.25, 0.3) is 5.32 Å². The molecule has 2 nitrogen and oxygen atoms in total. The first-order valence-electron chi connectivity index (χ1n) is 13.5. The van der Waals surface area contributed by atoms with Gasteiger partial charge in [0, 0.05) is 19.5 Å². The zero-order chi connectivity index (χ0) is 25.8. The Kier molecular flexibility index (Phi) is 14.9. The summed E-state index contributed by atoms with van der Waals surface area (Å²) in [4.78, 5) is 4.85. The van der Waals surface area contributed by atoms with E-state index < -0.39 is 0 Å². The van der Waals surface area contributed by atoms with Crippen LogP contribution in [-0.2, 0) is 19.5 Å². The molecule has 36 heavy (non-hydrogen) atoms. The molecule has 1 aliphatic rings. The number of hydrogen-bond donors (Lipinski definition) is 0. The van der Waals surface area contributed by atoms with Crippen molar-refractivity contribution in [3.63, 3.8) is 0 Å². The summed E-state index contributed by atoms with van der Waals surface area (Å²) in [7, 11) is 0. The summed E-state index contributed by atoms with van der Waals surface area (Å²) in [6.07, 6.45) is 15.8. The molecular weight excluding hydrogens is 527 g/mol. The van der Waals surface area contributed by atoms with Crippen molar-refractivity contribution in [2.75, 3.05) is 0 Å². The molecule has 1 aliphatic carbocycles. The summed E-state index contributed by atoms with van der Waals surface area (Å²) in [5, 5.41) is 4.85. The van der Waals surface area contributed by atoms with Crippen molar-refractivity contribution in [3.8, 4) is 0 Å². The van der Waals surface area contributed by atoms with Crippen LogP contribution in [0.15, 0.2) is 65.7 Å². The fraction of sp³-hybridized carbons (Fsp3) is 0.485. The number of aliphatic imine (C=N–C) groups is 1. The maximum atomic E-state index is 4.85. The second-order valence-electron chi connectivity index (χ2n) is 10.7. The quantitative estimate of drug-likeness (QED) is 0.136. The monoisotopic (exact) mass is 574 g/mol. The molecule has 0 aromatic heterocycles. The number of para-hydroxylation sites is 2. The molecule has 0 spiro atoms. The third kappa shape index (κ3) is 9.81. The van der Waals surface area contributed by atoms with E-state index in [0.29, 0.717) is 23.7 Å². The standard InChI is InChI=1S/C25H35N2.C8H12.Rh/c1-16(2)20-11-9-12-21(17(3)4)24(20)26-15-27-25-22(18(5)6)13-10-14-23(25)19(7)8;1-2-4-6-8-7-5-3-1;/h9-19H,1-8H3;1-2,7-8H,3-6H2;/q-1;;/b;2-1-,8-7-;. The first-order chi connectivity index (χ1) is 16.7. The van der Waals surface area contributed by atoms with E-state index in [-0.39, 0.29) is 19.5 Å². The summed E-state index contributed by atoms with van der Waals surface area (Å²) in [6, 6.07) is 13.0. The molecule has 0 N–H and O–H groups in total. The summed E-state index contributed by atoms with van der Waals surface area (Å²) in [6.45, 7) is 17.8. The Morgan fingerprint density at radius 1 is 0.583 bits per heavy atom. The average Bonchev–Trinajstić information content (AvgIpc) is 2.78. The zero-order valence-corrected chi connectivity index (χ0v) is 25.4. The van der Waals surface area contributed by atoms with Crippen LogP contribution in [0.2, 0.25) is 0 Å². The van der Waals surface area contributed by atoms with Crippen LogP contribution < -0.4 is 0 Å². The van der Waals surface area contributed by atoms with Gasteiger partial charge in [0.25, 0.3) is 0 Å². The van der Waals surface area contributed by atoms with E-state index in [1.165, 1.54) is 47.9 Å². The van der Waals surface area contributed by atoms with Crippen LogP contribution in [0.4, 0.5) is 11.4 Å². The molecule has 0 aliphatic heterocycles. The smallest absolute Gasteiger partial charge is 0 e. The second-order valence-corrected chi connectivity index (χ2v) is 10.7. The van der Waals surface area contributed by atoms with Gasteiger partial charge in [0.05, 0.1) is 0 Å². The van der Waals surface area contributed by atoms with Gasteiger partial charge in [-0.25, -0.2) is 0 Å². The van der Waals surface area contributed by atoms with E-state index in [0.717, 1.165) is 11.4 Å². The van der Waals surface area contributed by atoms with E-state index in [1.807, 2.05) is 0 Å². The summed E-state index contributed by atoms with van der Waals surface area (Å²) < 4.78 is 0. The summed E-state index contributed by atoms with van der Waals surface area (Å²) in [5.74, 6) is 1.74. The van der Waals surface area contributed by atoms with Crippen LogP contribution in [0, 0.1) is 0 Å². The van der Waals surface area contributed by atoms with Crippen LogP contribution in [0.3, 0.4) is 0 Å². The van der Waals surface area contributed by atoms with Crippen molar-refractivity contribution in [1.29, 1.82) is 0 Å². The van der Waals surface area contributed by atoms with Gasteiger partial charge in [-0.3, -0.25) is 0 Å². The first-order valence-corrected chi connectivity index (χ1v) is 13.5. The van der Waals surface area contributed by atoms with Crippen LogP contribution in [0.1, 0.15) is 127 Å². The fourth-order valence-corrected chi connectivity index (χ4v) is 4.32. The van der Waals surface area contributed by atoms with Gasteiger partial charge in [-0.15, -0.1) is 0 Å². The Bertz CT molecular complexity index is 918. The molecule has 3 rings (SSSR count). The minimum Gasteiger partial charge on any atom is -0.443 e. The van der Waals surface area contributed by atoms with Crippen molar-refractivity contribution in [2.24, 2.45) is 4.99 Å². The number of benzene rings is 2. The second kappa shape index (κ2) is 16.7. The van der Waals surface area contributed by atoms with E-state index in [4.69, 9.17) is 10.3 Å². The van der Waals surface area contributed by atoms with Gasteiger partial charge in [-0.1, -0.05) is 122 Å². The predicted molar refractivity (Wildman–Crippen MR) is 157 cm³/mol. The number of allylic oxidation sites excluding steroid dienone is 4. The van der Waals surface area contributed by atoms with Gasteiger partial charge in [0.1, 0.15) is 0 Å². The molecule has 0 bridgehead atoms. The Morgan fingerprint density at radius 3 is 1.25 bits per heavy atom. The van der Waals surface area contributed by atoms with Gasteiger partial charge in [-0.05, 0) is 83.0 Å². The molecule has 0 heterocycles. The maximum absolute atomic E-state index is 4.85. The average molecular weight is 575 g/mol. The third-order valence-corrected chi connectivity index (χ3v) is 6.39. The largest absolute Gasteiger partial charge is 0.443 e. The van der Waals surface area contributed by atoms with Gasteiger partial charge < -0.3 is 10.3 Å². The molecule has 0 saturated heterocycles. The molecular formula is C33H47N2Rh-. The van der Waals surface area contributed by atoms with Crippen LogP contribution >= 0.6 is 0 Å². The zero-order valence-electron chi connectivity index (χ0n) is 23.7. The topological polar surface area (TPSA) is 26.5 Å². The number of hydrogen-bond acceptors (Lipinski definition) is 1. The van der Waals surface area contributed by atoms with Crippen LogP contribution in [0.5, 0.6) is 0 Å². The fourth-order valence-electron chi connectivity index (χ4n) is 4.32. The minimum atomic E-state index is 0. The van der Waals surface area contributed by atoms with E-state index in [1.54, 1.807) is 6.34 Å². The van der Waals surface area contributed by atoms with Crippen molar-refractivity contribution >= 4 is 17.7 Å². The maximum Gasteiger partial charge on any atom is 0 e. The van der Waals surface area contributed by atoms with Crippen molar-refractivity contribution in [2.45, 2.75) is 105 Å². The molecule has 199 valence electrons. The predicted octanol–water partition coefficient (Wildman–Crippen LogP) is 11.2. The van der Waals surface area contributed by atoms with Crippen molar-refractivity contribution < 1.29 is 19.5 Å². The molecule has 0 amide bonds. The van der Waals surface area contributed by atoms with Gasteiger partial charge >= 0.3 is 0 Å². The van der Waals surface area contributed by atoms with Gasteiger partial charge in [-0.2, -0.15) is 0 Å².